The van der Waals surface area contributed by atoms with Crippen LogP contribution in [0.5, 0.6) is 0 Å². The van der Waals surface area contributed by atoms with Crippen LogP contribution in [-0.4, -0.2) is 15.0 Å². The average Bonchev–Trinajstić information content (AvgIpc) is 3.09. The molecule has 8 rings (SSSR count). The molecule has 8 aromatic rings. The Balaban J connectivity index is 1.32. The highest BCUT2D eigenvalue weighted by Crippen LogP contribution is 2.41. The molecule has 1 aromatic heterocycles. The third kappa shape index (κ3) is 4.03. The van der Waals surface area contributed by atoms with E-state index in [-0.39, 0.29) is 0 Å². The van der Waals surface area contributed by atoms with Gasteiger partial charge >= 0.3 is 0 Å². The largest absolute Gasteiger partial charge is 0.217 e. The predicted molar refractivity (Wildman–Crippen MR) is 174 cm³/mol. The SMILES string of the molecule is c1ccc(-c2ncnc(-c3ccccc3-c3ccccc3-c3ccc4c5ccccc5c5ccccc5c4c3)n2)cc1. The summed E-state index contributed by atoms with van der Waals surface area (Å²) in [6.07, 6.45) is 1.60. The highest BCUT2D eigenvalue weighted by molar-refractivity contribution is 6.25. The Labute approximate surface area is 243 Å². The van der Waals surface area contributed by atoms with Crippen LogP contribution in [0.4, 0.5) is 0 Å². The lowest BCUT2D eigenvalue weighted by Gasteiger charge is -2.16. The fourth-order valence-corrected chi connectivity index (χ4v) is 6.11. The van der Waals surface area contributed by atoms with Crippen molar-refractivity contribution in [1.82, 2.24) is 15.0 Å². The monoisotopic (exact) mass is 535 g/mol. The van der Waals surface area contributed by atoms with Crippen molar-refractivity contribution in [2.24, 2.45) is 0 Å². The van der Waals surface area contributed by atoms with Gasteiger partial charge in [0.2, 0.25) is 0 Å². The van der Waals surface area contributed by atoms with Crippen LogP contribution >= 0.6 is 0 Å². The van der Waals surface area contributed by atoms with Crippen molar-refractivity contribution in [3.8, 4) is 45.0 Å². The third-order valence-corrected chi connectivity index (χ3v) is 8.04. The fourth-order valence-electron chi connectivity index (χ4n) is 6.11. The second-order valence-electron chi connectivity index (χ2n) is 10.4. The van der Waals surface area contributed by atoms with E-state index in [9.17, 15) is 0 Å². The van der Waals surface area contributed by atoms with Gasteiger partial charge < -0.3 is 0 Å². The molecule has 42 heavy (non-hydrogen) atoms. The molecule has 0 bridgehead atoms. The van der Waals surface area contributed by atoms with E-state index in [1.54, 1.807) is 6.33 Å². The minimum Gasteiger partial charge on any atom is -0.217 e. The molecule has 0 aliphatic carbocycles. The van der Waals surface area contributed by atoms with Crippen LogP contribution in [0.15, 0.2) is 152 Å². The molecule has 1 heterocycles. The van der Waals surface area contributed by atoms with Crippen molar-refractivity contribution < 1.29 is 0 Å². The third-order valence-electron chi connectivity index (χ3n) is 8.04. The van der Waals surface area contributed by atoms with Crippen molar-refractivity contribution in [1.29, 1.82) is 0 Å². The van der Waals surface area contributed by atoms with Crippen LogP contribution < -0.4 is 0 Å². The Morgan fingerprint density at radius 2 is 0.786 bits per heavy atom. The van der Waals surface area contributed by atoms with E-state index in [4.69, 9.17) is 4.98 Å². The molecule has 0 saturated carbocycles. The summed E-state index contributed by atoms with van der Waals surface area (Å²) in [5, 5.41) is 7.64. The maximum Gasteiger partial charge on any atom is 0.163 e. The van der Waals surface area contributed by atoms with Gasteiger partial charge in [-0.15, -0.1) is 0 Å². The summed E-state index contributed by atoms with van der Waals surface area (Å²) in [6.45, 7) is 0. The fraction of sp³-hybridized carbons (Fsp3) is 0. The van der Waals surface area contributed by atoms with Gasteiger partial charge in [0.1, 0.15) is 6.33 Å². The van der Waals surface area contributed by atoms with E-state index < -0.39 is 0 Å². The summed E-state index contributed by atoms with van der Waals surface area (Å²) < 4.78 is 0. The van der Waals surface area contributed by atoms with Gasteiger partial charge in [0, 0.05) is 11.1 Å². The van der Waals surface area contributed by atoms with Gasteiger partial charge in [-0.2, -0.15) is 0 Å². The van der Waals surface area contributed by atoms with E-state index in [0.717, 1.165) is 22.3 Å². The molecule has 0 aliphatic heterocycles. The summed E-state index contributed by atoms with van der Waals surface area (Å²) in [4.78, 5) is 13.9. The standard InChI is InChI=1S/C39H25N3/c1-2-12-26(13-3-1)38-40-25-41-39(42-38)36-21-11-10-19-33(36)29-15-5-4-14-28(29)27-22-23-35-32-18-7-6-16-30(32)31-17-8-9-20-34(31)37(35)24-27/h1-25H. The van der Waals surface area contributed by atoms with Gasteiger partial charge in [-0.3, -0.25) is 0 Å². The Morgan fingerprint density at radius 1 is 0.310 bits per heavy atom. The lowest BCUT2D eigenvalue weighted by molar-refractivity contribution is 1.07. The van der Waals surface area contributed by atoms with E-state index in [2.05, 4.69) is 119 Å². The van der Waals surface area contributed by atoms with Gasteiger partial charge in [0.15, 0.2) is 11.6 Å². The number of aromatic nitrogens is 3. The molecular formula is C39H25N3. The number of nitrogens with zero attached hydrogens (tertiary/aromatic N) is 3. The number of hydrogen-bond donors (Lipinski definition) is 0. The summed E-state index contributed by atoms with van der Waals surface area (Å²) in [5.41, 5.74) is 6.51. The van der Waals surface area contributed by atoms with Gasteiger partial charge in [-0.05, 0) is 60.6 Å². The van der Waals surface area contributed by atoms with Gasteiger partial charge in [0.05, 0.1) is 0 Å². The van der Waals surface area contributed by atoms with E-state index in [1.807, 2.05) is 36.4 Å². The first-order chi connectivity index (χ1) is 20.8. The van der Waals surface area contributed by atoms with Crippen molar-refractivity contribution >= 4 is 32.3 Å². The van der Waals surface area contributed by atoms with E-state index in [1.165, 1.54) is 43.4 Å². The van der Waals surface area contributed by atoms with E-state index in [0.29, 0.717) is 11.6 Å². The highest BCUT2D eigenvalue weighted by atomic mass is 15.0. The molecule has 3 heteroatoms. The maximum absolute atomic E-state index is 4.88. The second kappa shape index (κ2) is 10.1. The van der Waals surface area contributed by atoms with Crippen molar-refractivity contribution in [2.45, 2.75) is 0 Å². The first kappa shape index (κ1) is 24.2. The smallest absolute Gasteiger partial charge is 0.163 e. The highest BCUT2D eigenvalue weighted by Gasteiger charge is 2.16. The Bertz CT molecular complexity index is 2220. The normalized spacial score (nSPS) is 11.3. The minimum absolute atomic E-state index is 0.658. The van der Waals surface area contributed by atoms with Crippen LogP contribution in [0.1, 0.15) is 0 Å². The molecule has 0 unspecified atom stereocenters. The maximum atomic E-state index is 4.88. The Kier molecular flexibility index (Phi) is 5.79. The topological polar surface area (TPSA) is 38.7 Å². The van der Waals surface area contributed by atoms with Crippen molar-refractivity contribution in [3.63, 3.8) is 0 Å². The minimum atomic E-state index is 0.658. The zero-order chi connectivity index (χ0) is 27.9. The molecule has 0 fully saturated rings. The van der Waals surface area contributed by atoms with Crippen molar-refractivity contribution in [3.05, 3.63) is 152 Å². The first-order valence-corrected chi connectivity index (χ1v) is 14.1. The molecule has 3 nitrogen and oxygen atoms in total. The van der Waals surface area contributed by atoms with Crippen LogP contribution in [0, 0.1) is 0 Å². The lowest BCUT2D eigenvalue weighted by Crippen LogP contribution is -1.97. The molecule has 0 saturated heterocycles. The number of fused-ring (bicyclic) bond motifs is 6. The van der Waals surface area contributed by atoms with Crippen molar-refractivity contribution in [2.75, 3.05) is 0 Å². The first-order valence-electron chi connectivity index (χ1n) is 14.1. The molecule has 196 valence electrons. The zero-order valence-corrected chi connectivity index (χ0v) is 22.8. The molecule has 7 aromatic carbocycles. The molecular weight excluding hydrogens is 510 g/mol. The summed E-state index contributed by atoms with van der Waals surface area (Å²) in [7, 11) is 0. The van der Waals surface area contributed by atoms with Crippen LogP contribution in [0.25, 0.3) is 77.3 Å². The summed E-state index contributed by atoms with van der Waals surface area (Å²) >= 11 is 0. The zero-order valence-electron chi connectivity index (χ0n) is 22.8. The molecule has 0 atom stereocenters. The van der Waals surface area contributed by atoms with E-state index >= 15 is 0 Å². The predicted octanol–water partition coefficient (Wildman–Crippen LogP) is 10.00. The van der Waals surface area contributed by atoms with Crippen LogP contribution in [0.2, 0.25) is 0 Å². The molecule has 0 N–H and O–H groups in total. The number of hydrogen-bond acceptors (Lipinski definition) is 3. The molecule has 0 spiro atoms. The number of rotatable bonds is 4. The molecule has 0 amide bonds. The Morgan fingerprint density at radius 3 is 1.45 bits per heavy atom. The summed E-state index contributed by atoms with van der Waals surface area (Å²) in [6, 6.07) is 51.3. The lowest BCUT2D eigenvalue weighted by atomic mass is 9.88. The van der Waals surface area contributed by atoms with Crippen LogP contribution in [0.3, 0.4) is 0 Å². The summed E-state index contributed by atoms with van der Waals surface area (Å²) in [5.74, 6) is 1.32. The van der Waals surface area contributed by atoms with Crippen LogP contribution in [-0.2, 0) is 0 Å². The Hall–Kier alpha value is -5.67. The van der Waals surface area contributed by atoms with Gasteiger partial charge in [-0.25, -0.2) is 15.0 Å². The van der Waals surface area contributed by atoms with Gasteiger partial charge in [-0.1, -0.05) is 140 Å². The molecule has 0 aliphatic rings. The average molecular weight is 536 g/mol. The molecule has 0 radical (unpaired) electrons. The second-order valence-corrected chi connectivity index (χ2v) is 10.4. The van der Waals surface area contributed by atoms with Gasteiger partial charge in [0.25, 0.3) is 0 Å². The quantitative estimate of drug-likeness (QED) is 0.211. The number of benzene rings is 7.